The molecule has 1 aromatic heterocycles. The molecular weight excluding hydrogens is 451 g/mol. The van der Waals surface area contributed by atoms with E-state index in [9.17, 15) is 17.6 Å². The zero-order chi connectivity index (χ0) is 24.0. The summed E-state index contributed by atoms with van der Waals surface area (Å²) in [5.74, 6) is -0.687. The van der Waals surface area contributed by atoms with Gasteiger partial charge in [0.25, 0.3) is 5.91 Å². The Balaban J connectivity index is 1.77. The largest absolute Gasteiger partial charge is 0.357 e. The first-order chi connectivity index (χ1) is 16.2. The summed E-state index contributed by atoms with van der Waals surface area (Å²) in [6.07, 6.45) is 2.85. The summed E-state index contributed by atoms with van der Waals surface area (Å²) in [5.41, 5.74) is 5.20. The smallest absolute Gasteiger partial charge is 0.256 e. The Kier molecular flexibility index (Phi) is 5.21. The summed E-state index contributed by atoms with van der Waals surface area (Å²) in [4.78, 5) is 16.4. The highest BCUT2D eigenvalue weighted by Crippen LogP contribution is 2.42. The van der Waals surface area contributed by atoms with Crippen molar-refractivity contribution in [2.45, 2.75) is 11.8 Å². The molecule has 5 nitrogen and oxygen atoms in total. The summed E-state index contributed by atoms with van der Waals surface area (Å²) in [5, 5.41) is 2.87. The van der Waals surface area contributed by atoms with Gasteiger partial charge in [0.05, 0.1) is 10.5 Å². The number of aromatic nitrogens is 1. The first kappa shape index (κ1) is 21.9. The molecule has 5 rings (SSSR count). The molecule has 0 aliphatic carbocycles. The van der Waals surface area contributed by atoms with Crippen molar-refractivity contribution in [3.63, 3.8) is 0 Å². The van der Waals surface area contributed by atoms with Gasteiger partial charge in [0, 0.05) is 34.5 Å². The molecule has 7 heteroatoms. The fourth-order valence-electron chi connectivity index (χ4n) is 4.52. The molecule has 1 amide bonds. The van der Waals surface area contributed by atoms with Crippen molar-refractivity contribution in [3.05, 3.63) is 95.6 Å². The number of aromatic amines is 1. The molecule has 34 heavy (non-hydrogen) atoms. The van der Waals surface area contributed by atoms with Gasteiger partial charge < -0.3 is 10.3 Å². The number of anilines is 1. The van der Waals surface area contributed by atoms with Gasteiger partial charge in [-0.1, -0.05) is 54.6 Å². The van der Waals surface area contributed by atoms with Crippen LogP contribution < -0.4 is 5.32 Å². The van der Waals surface area contributed by atoms with Crippen LogP contribution in [0.1, 0.15) is 17.0 Å². The van der Waals surface area contributed by atoms with E-state index in [2.05, 4.69) is 10.3 Å². The van der Waals surface area contributed by atoms with E-state index in [-0.39, 0.29) is 16.6 Å². The number of halogens is 1. The van der Waals surface area contributed by atoms with Crippen LogP contribution in [0.2, 0.25) is 0 Å². The van der Waals surface area contributed by atoms with Crippen LogP contribution in [0.15, 0.2) is 77.7 Å². The summed E-state index contributed by atoms with van der Waals surface area (Å²) < 4.78 is 39.3. The lowest BCUT2D eigenvalue weighted by atomic mass is 9.93. The van der Waals surface area contributed by atoms with Crippen LogP contribution >= 0.6 is 0 Å². The third-order valence-electron chi connectivity index (χ3n) is 5.84. The molecular formula is C27H21FN2O3S. The number of carbonyl (C=O) groups is 1. The maximum atomic E-state index is 14.0. The topological polar surface area (TPSA) is 79.0 Å². The summed E-state index contributed by atoms with van der Waals surface area (Å²) >= 11 is 0. The number of aryl methyl sites for hydroxylation is 1. The van der Waals surface area contributed by atoms with Crippen LogP contribution in [0.3, 0.4) is 0 Å². The second kappa shape index (κ2) is 8.11. The number of rotatable bonds is 4. The Morgan fingerprint density at radius 2 is 1.59 bits per heavy atom. The van der Waals surface area contributed by atoms with E-state index < -0.39 is 9.84 Å². The minimum absolute atomic E-state index is 0.197. The molecule has 2 N–H and O–H groups in total. The fourth-order valence-corrected chi connectivity index (χ4v) is 5.73. The van der Waals surface area contributed by atoms with E-state index in [4.69, 9.17) is 0 Å². The molecule has 3 aromatic carbocycles. The van der Waals surface area contributed by atoms with Crippen LogP contribution in [-0.4, -0.2) is 25.6 Å². The molecule has 0 spiro atoms. The van der Waals surface area contributed by atoms with Crippen LogP contribution in [0.25, 0.3) is 33.9 Å². The average Bonchev–Trinajstić information content (AvgIpc) is 3.30. The molecule has 0 saturated heterocycles. The fraction of sp³-hybridized carbons (Fsp3) is 0.0741. The number of hydrogen-bond acceptors (Lipinski definition) is 3. The first-order valence-corrected chi connectivity index (χ1v) is 12.5. The van der Waals surface area contributed by atoms with Gasteiger partial charge in [-0.2, -0.15) is 0 Å². The molecule has 4 aromatic rings. The minimum Gasteiger partial charge on any atom is -0.357 e. The minimum atomic E-state index is -3.56. The monoisotopic (exact) mass is 472 g/mol. The number of carbonyl (C=O) groups excluding carboxylic acids is 1. The SMILES string of the molecule is Cc1[nH]c(C=C2C(=O)Nc3cccc(-c4cccc(F)c4)c32)c(-c2ccccc2)c1S(C)(=O)=O. The van der Waals surface area contributed by atoms with Crippen LogP contribution in [0, 0.1) is 12.7 Å². The van der Waals surface area contributed by atoms with Crippen molar-refractivity contribution in [1.29, 1.82) is 0 Å². The molecule has 1 aliphatic heterocycles. The standard InChI is InChI=1S/C27H21FN2O3S/c1-16-26(34(2,32)33)24(17-8-4-3-5-9-17)23(29-16)15-21-25-20(18-10-6-11-19(28)14-18)12-7-13-22(25)30-27(21)31/h3-15,29H,1-2H3,(H,30,31). The highest BCUT2D eigenvalue weighted by molar-refractivity contribution is 7.91. The van der Waals surface area contributed by atoms with Crippen molar-refractivity contribution < 1.29 is 17.6 Å². The zero-order valence-electron chi connectivity index (χ0n) is 18.5. The van der Waals surface area contributed by atoms with E-state index in [0.29, 0.717) is 44.9 Å². The number of amides is 1. The lowest BCUT2D eigenvalue weighted by Crippen LogP contribution is -2.04. The summed E-state index contributed by atoms with van der Waals surface area (Å²) in [6.45, 7) is 1.70. The average molecular weight is 473 g/mol. The van der Waals surface area contributed by atoms with Crippen molar-refractivity contribution in [2.75, 3.05) is 11.6 Å². The van der Waals surface area contributed by atoms with Crippen molar-refractivity contribution in [2.24, 2.45) is 0 Å². The highest BCUT2D eigenvalue weighted by Gasteiger charge is 2.29. The molecule has 0 fully saturated rings. The van der Waals surface area contributed by atoms with Gasteiger partial charge in [-0.25, -0.2) is 12.8 Å². The van der Waals surface area contributed by atoms with Gasteiger partial charge in [-0.3, -0.25) is 4.79 Å². The van der Waals surface area contributed by atoms with E-state index in [1.54, 1.807) is 37.3 Å². The second-order valence-electron chi connectivity index (χ2n) is 8.26. The number of nitrogens with one attached hydrogen (secondary N) is 2. The van der Waals surface area contributed by atoms with E-state index >= 15 is 0 Å². The first-order valence-electron chi connectivity index (χ1n) is 10.6. The molecule has 2 heterocycles. The van der Waals surface area contributed by atoms with Crippen LogP contribution in [0.4, 0.5) is 10.1 Å². The normalized spacial score (nSPS) is 14.3. The van der Waals surface area contributed by atoms with Gasteiger partial charge in [0.1, 0.15) is 5.82 Å². The van der Waals surface area contributed by atoms with Crippen molar-refractivity contribution >= 4 is 33.1 Å². The van der Waals surface area contributed by atoms with Gasteiger partial charge in [-0.15, -0.1) is 0 Å². The van der Waals surface area contributed by atoms with Crippen LogP contribution in [0.5, 0.6) is 0 Å². The van der Waals surface area contributed by atoms with Gasteiger partial charge in [-0.05, 0) is 47.9 Å². The van der Waals surface area contributed by atoms with Crippen molar-refractivity contribution in [1.82, 2.24) is 4.98 Å². The maximum Gasteiger partial charge on any atom is 0.256 e. The number of fused-ring (bicyclic) bond motifs is 1. The van der Waals surface area contributed by atoms with Crippen LogP contribution in [-0.2, 0) is 14.6 Å². The predicted octanol–water partition coefficient (Wildman–Crippen LogP) is 5.69. The molecule has 0 unspecified atom stereocenters. The Bertz CT molecular complexity index is 1590. The molecule has 0 saturated carbocycles. The lowest BCUT2D eigenvalue weighted by molar-refractivity contribution is -0.110. The Labute approximate surface area is 196 Å². The Morgan fingerprint density at radius 3 is 2.29 bits per heavy atom. The highest BCUT2D eigenvalue weighted by atomic mass is 32.2. The van der Waals surface area contributed by atoms with Gasteiger partial charge in [0.2, 0.25) is 0 Å². The number of hydrogen-bond donors (Lipinski definition) is 2. The van der Waals surface area contributed by atoms with E-state index in [1.807, 2.05) is 36.4 Å². The molecule has 0 atom stereocenters. The number of benzene rings is 3. The third-order valence-corrected chi connectivity index (χ3v) is 7.10. The third kappa shape index (κ3) is 3.74. The number of sulfone groups is 1. The molecule has 0 bridgehead atoms. The maximum absolute atomic E-state index is 14.0. The predicted molar refractivity (Wildman–Crippen MR) is 132 cm³/mol. The number of H-pyrrole nitrogens is 1. The lowest BCUT2D eigenvalue weighted by Gasteiger charge is -2.09. The Morgan fingerprint density at radius 1 is 0.882 bits per heavy atom. The summed E-state index contributed by atoms with van der Waals surface area (Å²) in [7, 11) is -3.56. The Hall–Kier alpha value is -3.97. The van der Waals surface area contributed by atoms with E-state index in [1.165, 1.54) is 18.4 Å². The zero-order valence-corrected chi connectivity index (χ0v) is 19.3. The summed E-state index contributed by atoms with van der Waals surface area (Å²) in [6, 6.07) is 20.8. The molecule has 0 radical (unpaired) electrons. The molecule has 1 aliphatic rings. The second-order valence-corrected chi connectivity index (χ2v) is 10.2. The van der Waals surface area contributed by atoms with Crippen molar-refractivity contribution in [3.8, 4) is 22.3 Å². The quantitative estimate of drug-likeness (QED) is 0.375. The van der Waals surface area contributed by atoms with E-state index in [0.717, 1.165) is 5.56 Å². The van der Waals surface area contributed by atoms with Gasteiger partial charge >= 0.3 is 0 Å². The molecule has 170 valence electrons. The van der Waals surface area contributed by atoms with Gasteiger partial charge in [0.15, 0.2) is 9.84 Å².